The lowest BCUT2D eigenvalue weighted by atomic mass is 10.2. The zero-order valence-corrected chi connectivity index (χ0v) is 11.3. The number of carbonyl (C=O) groups is 1. The molecule has 0 aliphatic carbocycles. The minimum Gasteiger partial charge on any atom is -0.352 e. The zero-order chi connectivity index (χ0) is 13.3. The Morgan fingerprint density at radius 2 is 2.00 bits per heavy atom. The molecule has 98 valence electrons. The maximum absolute atomic E-state index is 11.7. The quantitative estimate of drug-likeness (QED) is 0.648. The molecule has 1 N–H and O–H groups in total. The van der Waals surface area contributed by atoms with Crippen molar-refractivity contribution in [3.05, 3.63) is 54.6 Å². The van der Waals surface area contributed by atoms with Crippen molar-refractivity contribution in [1.29, 1.82) is 0 Å². The fourth-order valence-electron chi connectivity index (χ4n) is 1.50. The van der Waals surface area contributed by atoms with Gasteiger partial charge in [0.05, 0.1) is 5.56 Å². The Kier molecular flexibility index (Phi) is 5.37. The Labute approximate surface area is 116 Å². The zero-order valence-electron chi connectivity index (χ0n) is 10.5. The number of nitrogens with one attached hydrogen (secondary N) is 1. The number of aromatic nitrogens is 2. The number of carbonyl (C=O) groups excluding carboxylic acids is 1. The van der Waals surface area contributed by atoms with E-state index in [0.29, 0.717) is 12.1 Å². The number of amides is 1. The summed E-state index contributed by atoms with van der Waals surface area (Å²) in [7, 11) is 0. The fraction of sp³-hybridized carbons (Fsp3) is 0.214. The lowest BCUT2D eigenvalue weighted by Gasteiger charge is -2.04. The van der Waals surface area contributed by atoms with E-state index >= 15 is 0 Å². The van der Waals surface area contributed by atoms with E-state index in [9.17, 15) is 4.79 Å². The van der Waals surface area contributed by atoms with Gasteiger partial charge in [0.1, 0.15) is 0 Å². The number of rotatable bonds is 6. The van der Waals surface area contributed by atoms with Crippen LogP contribution in [-0.2, 0) is 0 Å². The topological polar surface area (TPSA) is 54.9 Å². The maximum Gasteiger partial charge on any atom is 0.252 e. The van der Waals surface area contributed by atoms with Gasteiger partial charge in [-0.1, -0.05) is 0 Å². The molecule has 0 spiro atoms. The second-order valence-electron chi connectivity index (χ2n) is 3.88. The Hall–Kier alpha value is -1.88. The van der Waals surface area contributed by atoms with E-state index in [1.807, 2.05) is 12.1 Å². The number of thioether (sulfide) groups is 1. The predicted octanol–water partition coefficient (Wildman–Crippen LogP) is 2.39. The smallest absolute Gasteiger partial charge is 0.252 e. The van der Waals surface area contributed by atoms with Crippen LogP contribution < -0.4 is 5.32 Å². The van der Waals surface area contributed by atoms with Crippen LogP contribution >= 0.6 is 11.8 Å². The van der Waals surface area contributed by atoms with Crippen LogP contribution in [0.5, 0.6) is 0 Å². The number of pyridine rings is 2. The lowest BCUT2D eigenvalue weighted by molar-refractivity contribution is 0.0953. The molecule has 0 fully saturated rings. The molecule has 2 aromatic heterocycles. The molecule has 2 aromatic rings. The second-order valence-corrected chi connectivity index (χ2v) is 5.05. The summed E-state index contributed by atoms with van der Waals surface area (Å²) >= 11 is 1.76. The summed E-state index contributed by atoms with van der Waals surface area (Å²) < 4.78 is 0. The highest BCUT2D eigenvalue weighted by Gasteiger charge is 2.03. The van der Waals surface area contributed by atoms with E-state index in [1.54, 1.807) is 48.7 Å². The summed E-state index contributed by atoms with van der Waals surface area (Å²) in [6.45, 7) is 0.672. The molecule has 2 rings (SSSR count). The van der Waals surface area contributed by atoms with Crippen molar-refractivity contribution in [2.75, 3.05) is 12.3 Å². The molecule has 0 unspecified atom stereocenters. The van der Waals surface area contributed by atoms with Gasteiger partial charge in [0.15, 0.2) is 0 Å². The summed E-state index contributed by atoms with van der Waals surface area (Å²) in [5.41, 5.74) is 0.601. The third kappa shape index (κ3) is 4.71. The van der Waals surface area contributed by atoms with Crippen LogP contribution in [-0.4, -0.2) is 28.2 Å². The molecule has 4 nitrogen and oxygen atoms in total. The highest BCUT2D eigenvalue weighted by Crippen LogP contribution is 2.16. The Bertz CT molecular complexity index is 505. The van der Waals surface area contributed by atoms with Crippen molar-refractivity contribution in [3.8, 4) is 0 Å². The molecule has 0 bridgehead atoms. The fourth-order valence-corrected chi connectivity index (χ4v) is 2.34. The molecule has 5 heteroatoms. The van der Waals surface area contributed by atoms with Crippen LogP contribution in [0.4, 0.5) is 0 Å². The van der Waals surface area contributed by atoms with Crippen molar-refractivity contribution < 1.29 is 4.79 Å². The molecular weight excluding hydrogens is 258 g/mol. The summed E-state index contributed by atoms with van der Waals surface area (Å²) in [6, 6.07) is 7.49. The van der Waals surface area contributed by atoms with Crippen LogP contribution in [0.25, 0.3) is 0 Å². The Balaban J connectivity index is 1.63. The second kappa shape index (κ2) is 7.53. The standard InChI is InChI=1S/C14H15N3OS/c18-14(12-3-1-6-16-11-12)17-7-2-10-19-13-4-8-15-9-5-13/h1,3-6,8-9,11H,2,7,10H2,(H,17,18). The van der Waals surface area contributed by atoms with Crippen LogP contribution in [0.3, 0.4) is 0 Å². The number of hydrogen-bond donors (Lipinski definition) is 1. The average Bonchev–Trinajstić information content (AvgIpc) is 2.49. The number of nitrogens with zero attached hydrogens (tertiary/aromatic N) is 2. The minimum atomic E-state index is -0.0676. The van der Waals surface area contributed by atoms with Gasteiger partial charge in [0, 0.05) is 36.2 Å². The first kappa shape index (κ1) is 13.5. The highest BCUT2D eigenvalue weighted by atomic mass is 32.2. The first-order valence-electron chi connectivity index (χ1n) is 6.07. The summed E-state index contributed by atoms with van der Waals surface area (Å²) in [4.78, 5) is 20.8. The number of hydrogen-bond acceptors (Lipinski definition) is 4. The van der Waals surface area contributed by atoms with Gasteiger partial charge in [-0.05, 0) is 36.4 Å². The van der Waals surface area contributed by atoms with E-state index in [2.05, 4.69) is 15.3 Å². The summed E-state index contributed by atoms with van der Waals surface area (Å²) in [5.74, 6) is 0.902. The van der Waals surface area contributed by atoms with E-state index in [4.69, 9.17) is 0 Å². The van der Waals surface area contributed by atoms with Crippen LogP contribution in [0.1, 0.15) is 16.8 Å². The molecule has 19 heavy (non-hydrogen) atoms. The molecule has 0 aromatic carbocycles. The van der Waals surface area contributed by atoms with Gasteiger partial charge in [0.25, 0.3) is 5.91 Å². The SMILES string of the molecule is O=C(NCCCSc1ccncc1)c1cccnc1. The van der Waals surface area contributed by atoms with Gasteiger partial charge in [0.2, 0.25) is 0 Å². The van der Waals surface area contributed by atoms with E-state index in [1.165, 1.54) is 4.90 Å². The molecule has 1 amide bonds. The predicted molar refractivity (Wildman–Crippen MR) is 76.1 cm³/mol. The van der Waals surface area contributed by atoms with Gasteiger partial charge < -0.3 is 5.32 Å². The van der Waals surface area contributed by atoms with Gasteiger partial charge in [-0.3, -0.25) is 14.8 Å². The molecule has 0 atom stereocenters. The molecular formula is C14H15N3OS. The van der Waals surface area contributed by atoms with Crippen molar-refractivity contribution >= 4 is 17.7 Å². The average molecular weight is 273 g/mol. The summed E-state index contributed by atoms with van der Waals surface area (Å²) in [5, 5.41) is 2.88. The normalized spacial score (nSPS) is 10.1. The maximum atomic E-state index is 11.7. The third-order valence-electron chi connectivity index (χ3n) is 2.45. The molecule has 0 aliphatic heterocycles. The Morgan fingerprint density at radius 1 is 1.16 bits per heavy atom. The first-order chi connectivity index (χ1) is 9.36. The van der Waals surface area contributed by atoms with E-state index in [-0.39, 0.29) is 5.91 Å². The molecule has 0 saturated heterocycles. The van der Waals surface area contributed by atoms with Gasteiger partial charge in [-0.25, -0.2) is 0 Å². The first-order valence-corrected chi connectivity index (χ1v) is 7.06. The van der Waals surface area contributed by atoms with E-state index < -0.39 is 0 Å². The van der Waals surface area contributed by atoms with Crippen LogP contribution in [0.15, 0.2) is 53.9 Å². The Morgan fingerprint density at radius 3 is 2.74 bits per heavy atom. The van der Waals surface area contributed by atoms with Gasteiger partial charge >= 0.3 is 0 Å². The van der Waals surface area contributed by atoms with Crippen molar-refractivity contribution in [2.24, 2.45) is 0 Å². The van der Waals surface area contributed by atoms with Crippen molar-refractivity contribution in [2.45, 2.75) is 11.3 Å². The largest absolute Gasteiger partial charge is 0.352 e. The highest BCUT2D eigenvalue weighted by molar-refractivity contribution is 7.99. The monoisotopic (exact) mass is 273 g/mol. The molecule has 0 aliphatic rings. The van der Waals surface area contributed by atoms with Crippen molar-refractivity contribution in [3.63, 3.8) is 0 Å². The van der Waals surface area contributed by atoms with E-state index in [0.717, 1.165) is 12.2 Å². The van der Waals surface area contributed by atoms with Crippen LogP contribution in [0.2, 0.25) is 0 Å². The minimum absolute atomic E-state index is 0.0676. The lowest BCUT2D eigenvalue weighted by Crippen LogP contribution is -2.24. The molecule has 0 saturated carbocycles. The van der Waals surface area contributed by atoms with Crippen LogP contribution in [0, 0.1) is 0 Å². The van der Waals surface area contributed by atoms with Crippen molar-refractivity contribution in [1.82, 2.24) is 15.3 Å². The summed E-state index contributed by atoms with van der Waals surface area (Å²) in [6.07, 6.45) is 7.72. The molecule has 0 radical (unpaired) electrons. The molecule has 2 heterocycles. The third-order valence-corrected chi connectivity index (χ3v) is 3.55. The van der Waals surface area contributed by atoms with Gasteiger partial charge in [-0.2, -0.15) is 0 Å². The van der Waals surface area contributed by atoms with Gasteiger partial charge in [-0.15, -0.1) is 11.8 Å².